The second kappa shape index (κ2) is 8.33. The van der Waals surface area contributed by atoms with Gasteiger partial charge in [0.15, 0.2) is 11.5 Å². The Morgan fingerprint density at radius 1 is 1.00 bits per heavy atom. The van der Waals surface area contributed by atoms with Crippen LogP contribution in [0.4, 0.5) is 17.2 Å². The van der Waals surface area contributed by atoms with Crippen LogP contribution in [0.15, 0.2) is 66.0 Å². The molecule has 2 aliphatic rings. The number of aliphatic imine (C=N–C) groups is 1. The number of hydrogen-bond acceptors (Lipinski definition) is 6. The van der Waals surface area contributed by atoms with Crippen LogP contribution in [0, 0.1) is 0 Å². The van der Waals surface area contributed by atoms with Gasteiger partial charge in [-0.1, -0.05) is 19.1 Å². The number of anilines is 3. The van der Waals surface area contributed by atoms with E-state index in [1.54, 1.807) is 0 Å². The van der Waals surface area contributed by atoms with Crippen molar-refractivity contribution in [1.29, 1.82) is 0 Å². The molecule has 166 valence electrons. The molecule has 7 heteroatoms. The third-order valence-electron chi connectivity index (χ3n) is 6.62. The molecular weight excluding hydrogens is 410 g/mol. The van der Waals surface area contributed by atoms with Gasteiger partial charge in [-0.05, 0) is 48.0 Å². The van der Waals surface area contributed by atoms with Crippen molar-refractivity contribution in [2.75, 3.05) is 42.9 Å². The maximum Gasteiger partial charge on any atom is 0.180 e. The molecule has 0 saturated carbocycles. The Morgan fingerprint density at radius 3 is 2.67 bits per heavy atom. The Morgan fingerprint density at radius 2 is 1.85 bits per heavy atom. The van der Waals surface area contributed by atoms with Crippen molar-refractivity contribution in [2.24, 2.45) is 4.99 Å². The minimum absolute atomic E-state index is 0.738. The molecule has 0 atom stereocenters. The molecule has 6 rings (SSSR count). The standard InChI is InChI=1S/C26H27N7/c1-2-31-11-13-32(14-12-31)23-7-5-22(6-8-23)29-25-26-28-9-10-33(26)18-24(30-25)19-3-4-20-16-27-17-21(20)15-19/h3-10,15-16,18H,2,11-14,17H2,1H3,(H,29,30). The lowest BCUT2D eigenvalue weighted by Gasteiger charge is -2.35. The van der Waals surface area contributed by atoms with E-state index in [1.165, 1.54) is 16.8 Å². The molecule has 4 heterocycles. The number of aromatic nitrogens is 3. The molecule has 0 aliphatic carbocycles. The quantitative estimate of drug-likeness (QED) is 0.507. The molecule has 0 radical (unpaired) electrons. The highest BCUT2D eigenvalue weighted by Gasteiger charge is 2.16. The molecule has 0 spiro atoms. The Hall–Kier alpha value is -3.71. The first-order chi connectivity index (χ1) is 16.3. The molecule has 2 aliphatic heterocycles. The molecule has 7 nitrogen and oxygen atoms in total. The summed E-state index contributed by atoms with van der Waals surface area (Å²) in [5.74, 6) is 0.749. The predicted molar refractivity (Wildman–Crippen MR) is 134 cm³/mol. The summed E-state index contributed by atoms with van der Waals surface area (Å²) in [5.41, 5.74) is 7.50. The van der Waals surface area contributed by atoms with Crippen LogP contribution < -0.4 is 10.2 Å². The topological polar surface area (TPSA) is 61.1 Å². The number of piperazine rings is 1. The van der Waals surface area contributed by atoms with Crippen molar-refractivity contribution in [3.05, 3.63) is 72.2 Å². The second-order valence-electron chi connectivity index (χ2n) is 8.61. The van der Waals surface area contributed by atoms with E-state index in [2.05, 4.69) is 74.5 Å². The summed E-state index contributed by atoms with van der Waals surface area (Å²) in [5, 5.41) is 3.50. The van der Waals surface area contributed by atoms with E-state index in [0.717, 1.165) is 67.7 Å². The molecule has 4 aromatic rings. The number of imidazole rings is 1. The highest BCUT2D eigenvalue weighted by Crippen LogP contribution is 2.28. The van der Waals surface area contributed by atoms with Gasteiger partial charge in [0.25, 0.3) is 0 Å². The molecule has 1 N–H and O–H groups in total. The van der Waals surface area contributed by atoms with Crippen molar-refractivity contribution in [3.8, 4) is 11.3 Å². The maximum atomic E-state index is 4.94. The average molecular weight is 438 g/mol. The summed E-state index contributed by atoms with van der Waals surface area (Å²) in [7, 11) is 0. The maximum absolute atomic E-state index is 4.94. The average Bonchev–Trinajstić information content (AvgIpc) is 3.53. The molecule has 0 bridgehead atoms. The number of hydrogen-bond donors (Lipinski definition) is 1. The smallest absolute Gasteiger partial charge is 0.180 e. The fourth-order valence-electron chi connectivity index (χ4n) is 4.64. The summed E-state index contributed by atoms with van der Waals surface area (Å²) in [6, 6.07) is 15.0. The zero-order chi connectivity index (χ0) is 22.2. The van der Waals surface area contributed by atoms with Gasteiger partial charge in [0.05, 0.1) is 12.2 Å². The van der Waals surface area contributed by atoms with E-state index in [9.17, 15) is 0 Å². The third-order valence-corrected chi connectivity index (χ3v) is 6.62. The van der Waals surface area contributed by atoms with Gasteiger partial charge in [-0.3, -0.25) is 4.99 Å². The normalized spacial score (nSPS) is 15.8. The number of nitrogens with one attached hydrogen (secondary N) is 1. The largest absolute Gasteiger partial charge is 0.369 e. The van der Waals surface area contributed by atoms with Gasteiger partial charge >= 0.3 is 0 Å². The Balaban J connectivity index is 1.26. The van der Waals surface area contributed by atoms with Crippen LogP contribution in [0.5, 0.6) is 0 Å². The first-order valence-electron chi connectivity index (χ1n) is 11.6. The monoisotopic (exact) mass is 437 g/mol. The summed E-state index contributed by atoms with van der Waals surface area (Å²) in [6.45, 7) is 8.50. The van der Waals surface area contributed by atoms with E-state index in [4.69, 9.17) is 4.98 Å². The lowest BCUT2D eigenvalue weighted by molar-refractivity contribution is 0.271. The number of fused-ring (bicyclic) bond motifs is 2. The number of nitrogens with zero attached hydrogens (tertiary/aromatic N) is 6. The van der Waals surface area contributed by atoms with Crippen LogP contribution in [0.1, 0.15) is 18.1 Å². The molecular formula is C26H27N7. The van der Waals surface area contributed by atoms with Crippen molar-refractivity contribution >= 4 is 29.1 Å². The van der Waals surface area contributed by atoms with E-state index < -0.39 is 0 Å². The SMILES string of the molecule is CCN1CCN(c2ccc(Nc3nc(-c4ccc5c(c4)CN=C5)cn4ccnc34)cc2)CC1. The molecule has 0 amide bonds. The summed E-state index contributed by atoms with van der Waals surface area (Å²) in [4.78, 5) is 18.8. The zero-order valence-electron chi connectivity index (χ0n) is 18.8. The Kier molecular flexibility index (Phi) is 5.03. The lowest BCUT2D eigenvalue weighted by atomic mass is 10.0. The van der Waals surface area contributed by atoms with Crippen LogP contribution in [-0.4, -0.2) is 58.2 Å². The van der Waals surface area contributed by atoms with Gasteiger partial charge in [-0.15, -0.1) is 0 Å². The van der Waals surface area contributed by atoms with Crippen molar-refractivity contribution in [3.63, 3.8) is 0 Å². The molecule has 2 aromatic heterocycles. The molecule has 1 fully saturated rings. The first-order valence-corrected chi connectivity index (χ1v) is 11.6. The van der Waals surface area contributed by atoms with Gasteiger partial charge in [0, 0.05) is 67.9 Å². The van der Waals surface area contributed by atoms with Gasteiger partial charge in [0.1, 0.15) is 0 Å². The first kappa shape index (κ1) is 19.9. The van der Waals surface area contributed by atoms with Crippen molar-refractivity contribution in [2.45, 2.75) is 13.5 Å². The second-order valence-corrected chi connectivity index (χ2v) is 8.61. The number of rotatable bonds is 5. The van der Waals surface area contributed by atoms with E-state index >= 15 is 0 Å². The van der Waals surface area contributed by atoms with Gasteiger partial charge in [-0.25, -0.2) is 9.97 Å². The molecule has 33 heavy (non-hydrogen) atoms. The summed E-state index contributed by atoms with van der Waals surface area (Å²) < 4.78 is 2.02. The van der Waals surface area contributed by atoms with Crippen LogP contribution in [0.3, 0.4) is 0 Å². The fraction of sp³-hybridized carbons (Fsp3) is 0.269. The zero-order valence-corrected chi connectivity index (χ0v) is 18.8. The van der Waals surface area contributed by atoms with E-state index in [1.807, 2.05) is 29.2 Å². The highest BCUT2D eigenvalue weighted by atomic mass is 15.3. The van der Waals surface area contributed by atoms with Crippen LogP contribution in [0.25, 0.3) is 16.9 Å². The summed E-state index contributed by atoms with van der Waals surface area (Å²) in [6.07, 6.45) is 7.73. The molecule has 0 unspecified atom stereocenters. The number of likely N-dealkylation sites (N-methyl/N-ethyl adjacent to an activating group) is 1. The van der Waals surface area contributed by atoms with Crippen LogP contribution in [-0.2, 0) is 6.54 Å². The fourth-order valence-corrected chi connectivity index (χ4v) is 4.64. The third kappa shape index (κ3) is 3.85. The highest BCUT2D eigenvalue weighted by molar-refractivity contribution is 5.86. The van der Waals surface area contributed by atoms with Crippen molar-refractivity contribution in [1.82, 2.24) is 19.3 Å². The van der Waals surface area contributed by atoms with E-state index in [0.29, 0.717) is 0 Å². The molecule has 1 saturated heterocycles. The van der Waals surface area contributed by atoms with Gasteiger partial charge in [-0.2, -0.15) is 0 Å². The van der Waals surface area contributed by atoms with Crippen molar-refractivity contribution < 1.29 is 0 Å². The minimum Gasteiger partial charge on any atom is -0.369 e. The van der Waals surface area contributed by atoms with Gasteiger partial charge in [0.2, 0.25) is 0 Å². The lowest BCUT2D eigenvalue weighted by Crippen LogP contribution is -2.46. The Bertz CT molecular complexity index is 1310. The Labute approximate surface area is 193 Å². The van der Waals surface area contributed by atoms with Gasteiger partial charge < -0.3 is 19.5 Å². The summed E-state index contributed by atoms with van der Waals surface area (Å²) >= 11 is 0. The number of benzene rings is 2. The van der Waals surface area contributed by atoms with Crippen LogP contribution in [0.2, 0.25) is 0 Å². The predicted octanol–water partition coefficient (Wildman–Crippen LogP) is 4.21. The minimum atomic E-state index is 0.738. The van der Waals surface area contributed by atoms with Crippen LogP contribution >= 0.6 is 0 Å². The molecule has 2 aromatic carbocycles. The van der Waals surface area contributed by atoms with E-state index in [-0.39, 0.29) is 0 Å².